The van der Waals surface area contributed by atoms with Gasteiger partial charge in [-0.1, -0.05) is 121 Å². The van der Waals surface area contributed by atoms with Crippen molar-refractivity contribution in [2.75, 3.05) is 0 Å². The van der Waals surface area contributed by atoms with Crippen LogP contribution in [-0.4, -0.2) is 0 Å². The van der Waals surface area contributed by atoms with E-state index >= 15 is 0 Å². The van der Waals surface area contributed by atoms with Gasteiger partial charge in [0.2, 0.25) is 0 Å². The molecule has 230 valence electrons. The van der Waals surface area contributed by atoms with Gasteiger partial charge >= 0.3 is 0 Å². The van der Waals surface area contributed by atoms with Crippen molar-refractivity contribution >= 4 is 0 Å². The highest BCUT2D eigenvalue weighted by atomic mass is 14.9. The molecule has 0 radical (unpaired) electrons. The highest BCUT2D eigenvalue weighted by Gasteiger charge is 2.03. The fourth-order valence-corrected chi connectivity index (χ4v) is 6.00. The largest absolute Gasteiger partial charge is 0.309 e. The Hall–Kier alpha value is -4.10. The Balaban J connectivity index is 1.13. The van der Waals surface area contributed by atoms with Crippen molar-refractivity contribution in [3.8, 4) is 0 Å². The molecule has 0 saturated heterocycles. The van der Waals surface area contributed by atoms with E-state index in [9.17, 15) is 0 Å². The SMILES string of the molecule is c1cc2cc(c1)CNCc1cccc(c1)CNCc1cccc(c1)CNCc1cccc(c1)CNCc1cccc(c1)CNC2. The molecule has 5 heteroatoms. The topological polar surface area (TPSA) is 60.1 Å². The Labute approximate surface area is 268 Å². The maximum absolute atomic E-state index is 3.64. The van der Waals surface area contributed by atoms with Gasteiger partial charge in [-0.2, -0.15) is 0 Å². The standard InChI is InChI=1S/C40H45N5/c1-6-31-16-32(7-1)22-42-24-34-9-3-11-36(18-34)26-44-28-38-13-5-15-40(20-38)30-45-29-39-14-4-12-37(19-39)27-43-25-35-10-2-8-33(17-35)23-41-21-31/h1-20,41-45H,21-30H2. The Morgan fingerprint density at radius 1 is 0.222 bits per heavy atom. The van der Waals surface area contributed by atoms with Gasteiger partial charge in [-0.25, -0.2) is 0 Å². The van der Waals surface area contributed by atoms with Crippen molar-refractivity contribution in [3.63, 3.8) is 0 Å². The quantitative estimate of drug-likeness (QED) is 0.143. The third kappa shape index (κ3) is 9.95. The summed E-state index contributed by atoms with van der Waals surface area (Å²) in [5.41, 5.74) is 13.1. The minimum absolute atomic E-state index is 0.848. The minimum atomic E-state index is 0.848. The third-order valence-electron chi connectivity index (χ3n) is 8.25. The molecule has 10 bridgehead atoms. The Morgan fingerprint density at radius 2 is 0.356 bits per heavy atom. The first-order valence-electron chi connectivity index (χ1n) is 16.2. The first-order valence-corrected chi connectivity index (χ1v) is 16.2. The number of nitrogens with one attached hydrogen (secondary N) is 5. The summed E-state index contributed by atoms with van der Waals surface area (Å²) < 4.78 is 0. The second-order valence-electron chi connectivity index (χ2n) is 12.1. The van der Waals surface area contributed by atoms with Gasteiger partial charge < -0.3 is 26.6 Å². The molecule has 0 aromatic heterocycles. The molecular formula is C40H45N5. The summed E-state index contributed by atoms with van der Waals surface area (Å²) in [6.07, 6.45) is 0. The summed E-state index contributed by atoms with van der Waals surface area (Å²) in [5, 5.41) is 18.2. The van der Waals surface area contributed by atoms with Crippen molar-refractivity contribution in [3.05, 3.63) is 177 Å². The fraction of sp³-hybridized carbons (Fsp3) is 0.250. The predicted octanol–water partition coefficient (Wildman–Crippen LogP) is 6.45. The fourth-order valence-electron chi connectivity index (χ4n) is 6.00. The van der Waals surface area contributed by atoms with Crippen molar-refractivity contribution in [2.24, 2.45) is 0 Å². The van der Waals surface area contributed by atoms with Crippen LogP contribution in [0, 0.1) is 0 Å². The van der Waals surface area contributed by atoms with Gasteiger partial charge in [-0.15, -0.1) is 0 Å². The van der Waals surface area contributed by atoms with Crippen molar-refractivity contribution in [2.45, 2.75) is 65.4 Å². The highest BCUT2D eigenvalue weighted by Crippen LogP contribution is 2.12. The van der Waals surface area contributed by atoms with E-state index in [1.165, 1.54) is 55.6 Å². The lowest BCUT2D eigenvalue weighted by Crippen LogP contribution is -2.17. The lowest BCUT2D eigenvalue weighted by molar-refractivity contribution is 0.669. The van der Waals surface area contributed by atoms with E-state index < -0.39 is 0 Å². The van der Waals surface area contributed by atoms with Crippen LogP contribution in [0.25, 0.3) is 0 Å². The smallest absolute Gasteiger partial charge is 0.0208 e. The molecule has 0 amide bonds. The number of hydrogen-bond acceptors (Lipinski definition) is 5. The van der Waals surface area contributed by atoms with E-state index in [2.05, 4.69) is 148 Å². The average Bonchev–Trinajstić information content (AvgIpc) is 3.06. The minimum Gasteiger partial charge on any atom is -0.309 e. The molecule has 0 unspecified atom stereocenters. The molecule has 45 heavy (non-hydrogen) atoms. The average molecular weight is 596 g/mol. The molecular weight excluding hydrogens is 550 g/mol. The molecule has 0 fully saturated rings. The van der Waals surface area contributed by atoms with E-state index in [1.807, 2.05) is 0 Å². The van der Waals surface area contributed by atoms with Crippen LogP contribution < -0.4 is 26.6 Å². The van der Waals surface area contributed by atoms with E-state index in [4.69, 9.17) is 0 Å². The molecule has 0 aliphatic carbocycles. The second kappa shape index (κ2) is 16.3. The molecule has 1 aliphatic rings. The van der Waals surface area contributed by atoms with E-state index in [0.717, 1.165) is 65.4 Å². The van der Waals surface area contributed by atoms with E-state index in [1.54, 1.807) is 0 Å². The summed E-state index contributed by atoms with van der Waals surface area (Å²) in [5.74, 6) is 0. The van der Waals surface area contributed by atoms with E-state index in [-0.39, 0.29) is 0 Å². The number of benzene rings is 5. The second-order valence-corrected chi connectivity index (χ2v) is 12.1. The van der Waals surface area contributed by atoms with Gasteiger partial charge in [-0.3, -0.25) is 0 Å². The van der Waals surface area contributed by atoms with Crippen LogP contribution in [0.5, 0.6) is 0 Å². The Kier molecular flexibility index (Phi) is 11.2. The lowest BCUT2D eigenvalue weighted by Gasteiger charge is -2.12. The number of hydrogen-bond donors (Lipinski definition) is 5. The van der Waals surface area contributed by atoms with Gasteiger partial charge in [0.05, 0.1) is 0 Å². The van der Waals surface area contributed by atoms with Gasteiger partial charge in [0, 0.05) is 65.4 Å². The summed E-state index contributed by atoms with van der Waals surface area (Å²) in [7, 11) is 0. The molecule has 5 nitrogen and oxygen atoms in total. The molecule has 0 saturated carbocycles. The molecule has 6 rings (SSSR count). The molecule has 0 atom stereocenters. The highest BCUT2D eigenvalue weighted by molar-refractivity contribution is 5.28. The van der Waals surface area contributed by atoms with E-state index in [0.29, 0.717) is 0 Å². The molecule has 1 aliphatic heterocycles. The maximum atomic E-state index is 3.64. The number of fused-ring (bicyclic) bond motifs is 10. The van der Waals surface area contributed by atoms with Gasteiger partial charge in [0.15, 0.2) is 0 Å². The van der Waals surface area contributed by atoms with Crippen LogP contribution >= 0.6 is 0 Å². The van der Waals surface area contributed by atoms with Gasteiger partial charge in [0.25, 0.3) is 0 Å². The van der Waals surface area contributed by atoms with Crippen LogP contribution in [0.15, 0.2) is 121 Å². The molecule has 5 N–H and O–H groups in total. The zero-order chi connectivity index (χ0) is 30.5. The molecule has 5 aromatic carbocycles. The van der Waals surface area contributed by atoms with Crippen LogP contribution in [0.1, 0.15) is 55.6 Å². The van der Waals surface area contributed by atoms with Crippen molar-refractivity contribution < 1.29 is 0 Å². The maximum Gasteiger partial charge on any atom is 0.0208 e. The molecule has 5 aromatic rings. The summed E-state index contributed by atoms with van der Waals surface area (Å²) in [6, 6.07) is 44.4. The predicted molar refractivity (Wildman–Crippen MR) is 185 cm³/mol. The summed E-state index contributed by atoms with van der Waals surface area (Å²) in [6.45, 7) is 8.48. The monoisotopic (exact) mass is 595 g/mol. The Morgan fingerprint density at radius 3 is 0.489 bits per heavy atom. The Bertz CT molecular complexity index is 1280. The first kappa shape index (κ1) is 30.9. The molecule has 1 heterocycles. The molecule has 0 spiro atoms. The van der Waals surface area contributed by atoms with Crippen molar-refractivity contribution in [1.82, 2.24) is 26.6 Å². The normalized spacial score (nSPS) is 15.6. The van der Waals surface area contributed by atoms with Gasteiger partial charge in [0.1, 0.15) is 0 Å². The first-order chi connectivity index (χ1) is 22.2. The lowest BCUT2D eigenvalue weighted by atomic mass is 10.1. The summed E-state index contributed by atoms with van der Waals surface area (Å²) >= 11 is 0. The number of rotatable bonds is 0. The van der Waals surface area contributed by atoms with Crippen LogP contribution in [-0.2, 0) is 65.4 Å². The van der Waals surface area contributed by atoms with Gasteiger partial charge in [-0.05, 0) is 55.6 Å². The van der Waals surface area contributed by atoms with Crippen LogP contribution in [0.3, 0.4) is 0 Å². The zero-order valence-corrected chi connectivity index (χ0v) is 26.1. The zero-order valence-electron chi connectivity index (χ0n) is 26.1. The van der Waals surface area contributed by atoms with Crippen LogP contribution in [0.2, 0.25) is 0 Å². The van der Waals surface area contributed by atoms with Crippen LogP contribution in [0.4, 0.5) is 0 Å². The van der Waals surface area contributed by atoms with Crippen molar-refractivity contribution in [1.29, 1.82) is 0 Å². The third-order valence-corrected chi connectivity index (χ3v) is 8.25. The summed E-state index contributed by atoms with van der Waals surface area (Å²) in [4.78, 5) is 0.